The van der Waals surface area contributed by atoms with Gasteiger partial charge in [-0.25, -0.2) is 0 Å². The molecule has 1 fully saturated rings. The highest BCUT2D eigenvalue weighted by atomic mass is 15.1. The van der Waals surface area contributed by atoms with Crippen molar-refractivity contribution >= 4 is 5.69 Å². The third kappa shape index (κ3) is 3.53. The second kappa shape index (κ2) is 7.09. The Morgan fingerprint density at radius 2 is 2.05 bits per heavy atom. The molecule has 0 bridgehead atoms. The first-order valence-electron chi connectivity index (χ1n) is 8.21. The van der Waals surface area contributed by atoms with Gasteiger partial charge in [-0.15, -0.1) is 0 Å². The predicted molar refractivity (Wildman–Crippen MR) is 85.3 cm³/mol. The molecule has 1 saturated heterocycles. The zero-order valence-electron chi connectivity index (χ0n) is 12.5. The van der Waals surface area contributed by atoms with Crippen LogP contribution in [0.15, 0.2) is 18.2 Å². The van der Waals surface area contributed by atoms with Gasteiger partial charge in [0.1, 0.15) is 0 Å². The van der Waals surface area contributed by atoms with E-state index in [9.17, 15) is 0 Å². The van der Waals surface area contributed by atoms with Crippen LogP contribution in [0.3, 0.4) is 0 Å². The lowest BCUT2D eigenvalue weighted by Gasteiger charge is -2.21. The largest absolute Gasteiger partial charge is 0.385 e. The lowest BCUT2D eigenvalue weighted by Crippen LogP contribution is -2.25. The summed E-state index contributed by atoms with van der Waals surface area (Å²) in [6.07, 6.45) is 6.55. The molecule has 1 aromatic rings. The molecule has 2 aliphatic rings. The third-order valence-electron chi connectivity index (χ3n) is 4.50. The molecule has 1 aromatic carbocycles. The topological polar surface area (TPSA) is 27.3 Å². The molecule has 0 aliphatic carbocycles. The Hall–Kier alpha value is -1.06. The van der Waals surface area contributed by atoms with E-state index in [-0.39, 0.29) is 0 Å². The van der Waals surface area contributed by atoms with E-state index in [2.05, 4.69) is 33.7 Å². The van der Waals surface area contributed by atoms with Crippen molar-refractivity contribution in [2.75, 3.05) is 38.0 Å². The van der Waals surface area contributed by atoms with E-state index in [4.69, 9.17) is 0 Å². The van der Waals surface area contributed by atoms with Gasteiger partial charge in [-0.2, -0.15) is 0 Å². The van der Waals surface area contributed by atoms with Crippen molar-refractivity contribution in [1.29, 1.82) is 0 Å². The number of hydrogen-bond donors (Lipinski definition) is 2. The fourth-order valence-electron chi connectivity index (χ4n) is 3.39. The summed E-state index contributed by atoms with van der Waals surface area (Å²) in [5.41, 5.74) is 4.32. The van der Waals surface area contributed by atoms with Crippen molar-refractivity contribution in [2.24, 2.45) is 0 Å². The molecule has 2 heterocycles. The van der Waals surface area contributed by atoms with Crippen LogP contribution in [0.5, 0.6) is 0 Å². The van der Waals surface area contributed by atoms with Crippen molar-refractivity contribution in [1.82, 2.24) is 10.2 Å². The summed E-state index contributed by atoms with van der Waals surface area (Å²) in [4.78, 5) is 2.59. The maximum absolute atomic E-state index is 3.61. The number of aryl methyl sites for hydroxylation is 1. The molecule has 0 unspecified atom stereocenters. The molecule has 0 saturated carbocycles. The SMILES string of the molecule is c1cc2c(c(CNCCCN3CCCC3)c1)NCCC2. The van der Waals surface area contributed by atoms with E-state index in [0.29, 0.717) is 0 Å². The Morgan fingerprint density at radius 3 is 2.95 bits per heavy atom. The zero-order valence-corrected chi connectivity index (χ0v) is 12.5. The fraction of sp³-hybridized carbons (Fsp3) is 0.647. The van der Waals surface area contributed by atoms with Crippen molar-refractivity contribution in [3.63, 3.8) is 0 Å². The number of nitrogens with zero attached hydrogens (tertiary/aromatic N) is 1. The average Bonchev–Trinajstić information content (AvgIpc) is 3.00. The lowest BCUT2D eigenvalue weighted by molar-refractivity contribution is 0.331. The smallest absolute Gasteiger partial charge is 0.0418 e. The number of benzene rings is 1. The van der Waals surface area contributed by atoms with Gasteiger partial charge in [0.05, 0.1) is 0 Å². The molecule has 0 spiro atoms. The molecule has 3 rings (SSSR count). The van der Waals surface area contributed by atoms with Crippen molar-refractivity contribution < 1.29 is 0 Å². The van der Waals surface area contributed by atoms with Gasteiger partial charge in [0, 0.05) is 18.8 Å². The number of rotatable bonds is 6. The van der Waals surface area contributed by atoms with Gasteiger partial charge in [-0.1, -0.05) is 18.2 Å². The van der Waals surface area contributed by atoms with Gasteiger partial charge in [0.25, 0.3) is 0 Å². The first kappa shape index (κ1) is 13.9. The minimum Gasteiger partial charge on any atom is -0.385 e. The fourth-order valence-corrected chi connectivity index (χ4v) is 3.39. The second-order valence-corrected chi connectivity index (χ2v) is 6.06. The van der Waals surface area contributed by atoms with Gasteiger partial charge in [-0.3, -0.25) is 0 Å². The number of fused-ring (bicyclic) bond motifs is 1. The second-order valence-electron chi connectivity index (χ2n) is 6.06. The van der Waals surface area contributed by atoms with Crippen LogP contribution in [0, 0.1) is 0 Å². The monoisotopic (exact) mass is 273 g/mol. The summed E-state index contributed by atoms with van der Waals surface area (Å²) in [6, 6.07) is 6.72. The minimum atomic E-state index is 0.996. The minimum absolute atomic E-state index is 0.996. The molecule has 20 heavy (non-hydrogen) atoms. The summed E-state index contributed by atoms with van der Waals surface area (Å²) in [6.45, 7) is 7.14. The maximum Gasteiger partial charge on any atom is 0.0418 e. The summed E-state index contributed by atoms with van der Waals surface area (Å²) in [5, 5.41) is 7.18. The van der Waals surface area contributed by atoms with E-state index >= 15 is 0 Å². The molecule has 0 aromatic heterocycles. The van der Waals surface area contributed by atoms with Crippen molar-refractivity contribution in [3.8, 4) is 0 Å². The molecule has 0 amide bonds. The van der Waals surface area contributed by atoms with Gasteiger partial charge in [0.2, 0.25) is 0 Å². The van der Waals surface area contributed by atoms with Crippen LogP contribution >= 0.6 is 0 Å². The van der Waals surface area contributed by atoms with Crippen molar-refractivity contribution in [2.45, 2.75) is 38.6 Å². The van der Waals surface area contributed by atoms with Crippen LogP contribution in [-0.4, -0.2) is 37.6 Å². The quantitative estimate of drug-likeness (QED) is 0.780. The Labute approximate surface area is 122 Å². The molecule has 2 aliphatic heterocycles. The first-order valence-corrected chi connectivity index (χ1v) is 8.21. The lowest BCUT2D eigenvalue weighted by atomic mass is 9.99. The number of likely N-dealkylation sites (tertiary alicyclic amines) is 1. The molecule has 2 N–H and O–H groups in total. The molecule has 3 heteroatoms. The summed E-state index contributed by atoms with van der Waals surface area (Å²) in [7, 11) is 0. The van der Waals surface area contributed by atoms with E-state index in [0.717, 1.165) is 19.6 Å². The Balaban J connectivity index is 1.42. The Morgan fingerprint density at radius 1 is 1.15 bits per heavy atom. The number of para-hydroxylation sites is 1. The van der Waals surface area contributed by atoms with E-state index in [1.54, 1.807) is 0 Å². The number of anilines is 1. The Kier molecular flexibility index (Phi) is 4.93. The van der Waals surface area contributed by atoms with Crippen LogP contribution in [0.1, 0.15) is 36.8 Å². The van der Waals surface area contributed by atoms with E-state index in [1.807, 2.05) is 0 Å². The van der Waals surface area contributed by atoms with Crippen LogP contribution in [0.2, 0.25) is 0 Å². The standard InChI is InChI=1S/C17H27N3/c1-2-12-20(11-1)13-5-9-18-14-16-7-3-6-15-8-4-10-19-17(15)16/h3,6-7,18-19H,1-2,4-5,8-14H2. The van der Waals surface area contributed by atoms with Gasteiger partial charge in [0.15, 0.2) is 0 Å². The summed E-state index contributed by atoms with van der Waals surface area (Å²) < 4.78 is 0. The van der Waals surface area contributed by atoms with Gasteiger partial charge < -0.3 is 15.5 Å². The highest BCUT2D eigenvalue weighted by Crippen LogP contribution is 2.25. The molecular weight excluding hydrogens is 246 g/mol. The first-order chi connectivity index (χ1) is 9.93. The summed E-state index contributed by atoms with van der Waals surface area (Å²) in [5.74, 6) is 0. The number of nitrogens with one attached hydrogen (secondary N) is 2. The van der Waals surface area contributed by atoms with E-state index < -0.39 is 0 Å². The number of hydrogen-bond acceptors (Lipinski definition) is 3. The molecule has 0 atom stereocenters. The third-order valence-corrected chi connectivity index (χ3v) is 4.50. The zero-order chi connectivity index (χ0) is 13.6. The van der Waals surface area contributed by atoms with Crippen LogP contribution in [0.25, 0.3) is 0 Å². The van der Waals surface area contributed by atoms with Crippen molar-refractivity contribution in [3.05, 3.63) is 29.3 Å². The van der Waals surface area contributed by atoms with Gasteiger partial charge in [-0.05, 0) is 69.4 Å². The normalized spacial score (nSPS) is 18.8. The molecule has 0 radical (unpaired) electrons. The maximum atomic E-state index is 3.61. The van der Waals surface area contributed by atoms with Crippen LogP contribution in [-0.2, 0) is 13.0 Å². The molecule has 3 nitrogen and oxygen atoms in total. The predicted octanol–water partition coefficient (Wildman–Crippen LogP) is 2.62. The molecular formula is C17H27N3. The van der Waals surface area contributed by atoms with E-state index in [1.165, 1.54) is 68.6 Å². The molecule has 110 valence electrons. The Bertz CT molecular complexity index is 424. The van der Waals surface area contributed by atoms with Crippen LogP contribution in [0.4, 0.5) is 5.69 Å². The van der Waals surface area contributed by atoms with Gasteiger partial charge >= 0.3 is 0 Å². The van der Waals surface area contributed by atoms with Crippen LogP contribution < -0.4 is 10.6 Å². The highest BCUT2D eigenvalue weighted by molar-refractivity contribution is 5.59. The summed E-state index contributed by atoms with van der Waals surface area (Å²) >= 11 is 0. The average molecular weight is 273 g/mol. The highest BCUT2D eigenvalue weighted by Gasteiger charge is 2.12.